The molecule has 0 aliphatic heterocycles. The van der Waals surface area contributed by atoms with Crippen LogP contribution in [0.5, 0.6) is 0 Å². The number of hydrogen-bond donors (Lipinski definition) is 2. The molecule has 2 N–H and O–H groups in total. The van der Waals surface area contributed by atoms with Gasteiger partial charge in [0.05, 0.1) is 0 Å². The minimum Gasteiger partial charge on any atom is -0.451 e. The van der Waals surface area contributed by atoms with Crippen molar-refractivity contribution < 1.29 is 23.5 Å². The summed E-state index contributed by atoms with van der Waals surface area (Å²) in [6, 6.07) is 11.9. The Morgan fingerprint density at radius 1 is 1.15 bits per heavy atom. The number of ether oxygens (including phenoxy) is 1. The predicted octanol–water partition coefficient (Wildman–Crippen LogP) is 2.89. The van der Waals surface area contributed by atoms with Crippen molar-refractivity contribution in [3.05, 3.63) is 64.4 Å². The summed E-state index contributed by atoms with van der Waals surface area (Å²) in [5.41, 5.74) is 0.638. The molecule has 2 amide bonds. The number of anilines is 1. The molecule has 0 heterocycles. The molecule has 8 heteroatoms. The third kappa shape index (κ3) is 5.96. The maximum atomic E-state index is 13.1. The Morgan fingerprint density at radius 2 is 1.85 bits per heavy atom. The quantitative estimate of drug-likeness (QED) is 0.700. The summed E-state index contributed by atoms with van der Waals surface area (Å²) in [5.74, 6) is -2.31. The Hall–Kier alpha value is -2.74. The number of halogens is 2. The number of rotatable bonds is 6. The van der Waals surface area contributed by atoms with Crippen LogP contribution < -0.4 is 10.6 Å². The van der Waals surface area contributed by atoms with Crippen LogP contribution in [0.4, 0.5) is 10.1 Å². The fraction of sp³-hybridized carbons (Fsp3) is 0.167. The monoisotopic (exact) mass is 422 g/mol. The lowest BCUT2D eigenvalue weighted by atomic mass is 10.2. The summed E-state index contributed by atoms with van der Waals surface area (Å²) >= 11 is 3.26. The minimum absolute atomic E-state index is 0.251. The van der Waals surface area contributed by atoms with E-state index < -0.39 is 29.7 Å². The summed E-state index contributed by atoms with van der Waals surface area (Å²) in [6.45, 7) is 0.996. The normalized spacial score (nSPS) is 11.3. The molecule has 0 spiro atoms. The Bertz CT molecular complexity index is 811. The van der Waals surface area contributed by atoms with Crippen LogP contribution in [0.3, 0.4) is 0 Å². The van der Waals surface area contributed by atoms with Crippen LogP contribution in [-0.2, 0) is 14.3 Å². The van der Waals surface area contributed by atoms with Crippen LogP contribution in [0.25, 0.3) is 0 Å². The molecule has 0 fully saturated rings. The maximum absolute atomic E-state index is 13.1. The molecule has 0 aliphatic carbocycles. The van der Waals surface area contributed by atoms with Gasteiger partial charge in [-0.15, -0.1) is 0 Å². The Labute approximate surface area is 157 Å². The van der Waals surface area contributed by atoms with E-state index in [2.05, 4.69) is 26.6 Å². The molecular formula is C18H16BrFN2O4. The number of esters is 1. The van der Waals surface area contributed by atoms with Crippen molar-refractivity contribution in [3.8, 4) is 0 Å². The largest absolute Gasteiger partial charge is 0.451 e. The lowest BCUT2D eigenvalue weighted by molar-refractivity contribution is -0.152. The summed E-state index contributed by atoms with van der Waals surface area (Å²) in [7, 11) is 0. The second-order valence-corrected chi connectivity index (χ2v) is 6.24. The van der Waals surface area contributed by atoms with E-state index in [1.165, 1.54) is 25.1 Å². The average Bonchev–Trinajstić information content (AvgIpc) is 2.60. The first-order valence-corrected chi connectivity index (χ1v) is 8.44. The second-order valence-electron chi connectivity index (χ2n) is 5.32. The van der Waals surface area contributed by atoms with Gasteiger partial charge >= 0.3 is 5.97 Å². The van der Waals surface area contributed by atoms with E-state index >= 15 is 0 Å². The van der Waals surface area contributed by atoms with Gasteiger partial charge in [-0.05, 0) is 49.4 Å². The molecule has 2 rings (SSSR count). The molecule has 1 atom stereocenters. The first-order valence-electron chi connectivity index (χ1n) is 7.65. The van der Waals surface area contributed by atoms with E-state index in [1.54, 1.807) is 24.3 Å². The number of carbonyl (C=O) groups is 3. The van der Waals surface area contributed by atoms with Crippen molar-refractivity contribution in [3.63, 3.8) is 0 Å². The standard InChI is InChI=1S/C18H16BrFN2O4/c1-11(17(24)22-15-4-2-3-14(20)9-15)26-16(23)10-21-18(25)12-5-7-13(19)8-6-12/h2-9,11H,10H2,1H3,(H,21,25)(H,22,24). The first kappa shape index (κ1) is 19.6. The van der Waals surface area contributed by atoms with Gasteiger partial charge in [0.25, 0.3) is 11.8 Å². The lowest BCUT2D eigenvalue weighted by Crippen LogP contribution is -2.35. The SMILES string of the molecule is CC(OC(=O)CNC(=O)c1ccc(Br)cc1)C(=O)Nc1cccc(F)c1. The molecule has 136 valence electrons. The van der Waals surface area contributed by atoms with Gasteiger partial charge in [0.15, 0.2) is 6.10 Å². The topological polar surface area (TPSA) is 84.5 Å². The van der Waals surface area contributed by atoms with Crippen LogP contribution in [0.15, 0.2) is 53.0 Å². The van der Waals surface area contributed by atoms with Gasteiger partial charge in [0.2, 0.25) is 0 Å². The van der Waals surface area contributed by atoms with Crippen molar-refractivity contribution in [2.75, 3.05) is 11.9 Å². The maximum Gasteiger partial charge on any atom is 0.326 e. The van der Waals surface area contributed by atoms with E-state index in [0.29, 0.717) is 5.56 Å². The third-order valence-electron chi connectivity index (χ3n) is 3.27. The minimum atomic E-state index is -1.10. The number of benzene rings is 2. The summed E-state index contributed by atoms with van der Waals surface area (Å²) in [6.07, 6.45) is -1.10. The first-order chi connectivity index (χ1) is 12.3. The van der Waals surface area contributed by atoms with Gasteiger partial charge in [-0.25, -0.2) is 4.39 Å². The van der Waals surface area contributed by atoms with Crippen molar-refractivity contribution in [1.82, 2.24) is 5.32 Å². The molecule has 0 aromatic heterocycles. The van der Waals surface area contributed by atoms with Gasteiger partial charge in [-0.3, -0.25) is 14.4 Å². The Morgan fingerprint density at radius 3 is 2.50 bits per heavy atom. The molecular weight excluding hydrogens is 407 g/mol. The number of amides is 2. The molecule has 0 aliphatic rings. The van der Waals surface area contributed by atoms with E-state index in [4.69, 9.17) is 4.74 Å². The van der Waals surface area contributed by atoms with E-state index in [-0.39, 0.29) is 12.2 Å². The molecule has 0 saturated heterocycles. The van der Waals surface area contributed by atoms with Gasteiger partial charge in [0, 0.05) is 15.7 Å². The summed E-state index contributed by atoms with van der Waals surface area (Å²) in [4.78, 5) is 35.6. The van der Waals surface area contributed by atoms with Gasteiger partial charge in [-0.1, -0.05) is 22.0 Å². The molecule has 0 bridgehead atoms. The number of carbonyl (C=O) groups excluding carboxylic acids is 3. The van der Waals surface area contributed by atoms with E-state index in [9.17, 15) is 18.8 Å². The van der Waals surface area contributed by atoms with Crippen molar-refractivity contribution in [2.24, 2.45) is 0 Å². The molecule has 1 unspecified atom stereocenters. The highest BCUT2D eigenvalue weighted by Crippen LogP contribution is 2.11. The molecule has 0 saturated carbocycles. The highest BCUT2D eigenvalue weighted by Gasteiger charge is 2.18. The fourth-order valence-corrected chi connectivity index (χ4v) is 2.22. The zero-order valence-electron chi connectivity index (χ0n) is 13.8. The average molecular weight is 423 g/mol. The highest BCUT2D eigenvalue weighted by molar-refractivity contribution is 9.10. The van der Waals surface area contributed by atoms with Crippen LogP contribution in [-0.4, -0.2) is 30.4 Å². The predicted molar refractivity (Wildman–Crippen MR) is 97.1 cm³/mol. The smallest absolute Gasteiger partial charge is 0.326 e. The second kappa shape index (κ2) is 9.10. The fourth-order valence-electron chi connectivity index (χ4n) is 1.96. The molecule has 2 aromatic carbocycles. The van der Waals surface area contributed by atoms with Crippen molar-refractivity contribution >= 4 is 39.4 Å². The van der Waals surface area contributed by atoms with E-state index in [0.717, 1.165) is 10.5 Å². The number of hydrogen-bond acceptors (Lipinski definition) is 4. The summed E-state index contributed by atoms with van der Waals surface area (Å²) < 4.78 is 18.9. The lowest BCUT2D eigenvalue weighted by Gasteiger charge is -2.14. The van der Waals surface area contributed by atoms with Crippen LogP contribution in [0.2, 0.25) is 0 Å². The molecule has 2 aromatic rings. The molecule has 6 nitrogen and oxygen atoms in total. The van der Waals surface area contributed by atoms with Crippen LogP contribution in [0, 0.1) is 5.82 Å². The van der Waals surface area contributed by atoms with Crippen LogP contribution >= 0.6 is 15.9 Å². The van der Waals surface area contributed by atoms with E-state index in [1.807, 2.05) is 0 Å². The number of nitrogens with one attached hydrogen (secondary N) is 2. The van der Waals surface area contributed by atoms with Gasteiger partial charge in [0.1, 0.15) is 12.4 Å². The molecule has 0 radical (unpaired) electrons. The Kier molecular flexibility index (Phi) is 6.85. The van der Waals surface area contributed by atoms with Crippen LogP contribution in [0.1, 0.15) is 17.3 Å². The summed E-state index contributed by atoms with van der Waals surface area (Å²) in [5, 5.41) is 4.85. The highest BCUT2D eigenvalue weighted by atomic mass is 79.9. The zero-order chi connectivity index (χ0) is 19.1. The Balaban J connectivity index is 1.80. The van der Waals surface area contributed by atoms with Gasteiger partial charge in [-0.2, -0.15) is 0 Å². The third-order valence-corrected chi connectivity index (χ3v) is 3.80. The van der Waals surface area contributed by atoms with Gasteiger partial charge < -0.3 is 15.4 Å². The van der Waals surface area contributed by atoms with Crippen molar-refractivity contribution in [1.29, 1.82) is 0 Å². The zero-order valence-corrected chi connectivity index (χ0v) is 15.4. The molecule has 26 heavy (non-hydrogen) atoms. The van der Waals surface area contributed by atoms with Crippen molar-refractivity contribution in [2.45, 2.75) is 13.0 Å².